The van der Waals surface area contributed by atoms with E-state index in [1.807, 2.05) is 11.7 Å². The van der Waals surface area contributed by atoms with Crippen molar-refractivity contribution in [2.45, 2.75) is 84.8 Å². The first-order valence-electron chi connectivity index (χ1n) is 11.9. The van der Waals surface area contributed by atoms with Gasteiger partial charge in [0.2, 0.25) is 0 Å². The first-order valence-corrected chi connectivity index (χ1v) is 11.9. The van der Waals surface area contributed by atoms with Crippen LogP contribution in [0, 0.1) is 42.4 Å². The van der Waals surface area contributed by atoms with Gasteiger partial charge in [0.1, 0.15) is 0 Å². The standard InChI is InChI=1S/C26H38N2O2/c1-15-21(16(2)28(5)27-15)12-17-13-23-20-7-6-18-14-19(29)8-10-25(18,3)22(20)9-11-26(23,4)24(17)30/h6,12,19-20,22-24,29-30H,7-11,13-14H2,1-5H3/b17-12-/t19-,20-,22+,23+,24+,25-,26+/m0/s1. The van der Waals surface area contributed by atoms with E-state index >= 15 is 0 Å². The van der Waals surface area contributed by atoms with Gasteiger partial charge >= 0.3 is 0 Å². The topological polar surface area (TPSA) is 58.3 Å². The molecule has 3 saturated carbocycles. The molecule has 4 nitrogen and oxygen atoms in total. The molecule has 0 aromatic carbocycles. The Hall–Kier alpha value is -1.39. The largest absolute Gasteiger partial charge is 0.393 e. The average molecular weight is 411 g/mol. The van der Waals surface area contributed by atoms with Crippen molar-refractivity contribution in [1.82, 2.24) is 9.78 Å². The molecule has 1 aromatic rings. The van der Waals surface area contributed by atoms with Crippen molar-refractivity contribution in [3.63, 3.8) is 0 Å². The summed E-state index contributed by atoms with van der Waals surface area (Å²) in [5, 5.41) is 26.3. The van der Waals surface area contributed by atoms with Gasteiger partial charge in [0.25, 0.3) is 0 Å². The zero-order chi connectivity index (χ0) is 21.4. The molecule has 0 spiro atoms. The van der Waals surface area contributed by atoms with E-state index in [-0.39, 0.29) is 23.0 Å². The highest BCUT2D eigenvalue weighted by Gasteiger charge is 2.59. The van der Waals surface area contributed by atoms with Crippen molar-refractivity contribution >= 4 is 6.08 Å². The van der Waals surface area contributed by atoms with E-state index in [4.69, 9.17) is 0 Å². The zero-order valence-corrected chi connectivity index (χ0v) is 19.3. The average Bonchev–Trinajstić information content (AvgIpc) is 3.10. The summed E-state index contributed by atoms with van der Waals surface area (Å²) in [7, 11) is 1.99. The molecule has 0 saturated heterocycles. The monoisotopic (exact) mass is 410 g/mol. The zero-order valence-electron chi connectivity index (χ0n) is 19.3. The fraction of sp³-hybridized carbons (Fsp3) is 0.731. The maximum Gasteiger partial charge on any atom is 0.0809 e. The van der Waals surface area contributed by atoms with Crippen LogP contribution in [0.2, 0.25) is 0 Å². The van der Waals surface area contributed by atoms with E-state index in [9.17, 15) is 10.2 Å². The molecule has 7 atom stereocenters. The fourth-order valence-corrected chi connectivity index (χ4v) is 7.82. The highest BCUT2D eigenvalue weighted by Crippen LogP contribution is 2.65. The van der Waals surface area contributed by atoms with Gasteiger partial charge in [0.15, 0.2) is 0 Å². The van der Waals surface area contributed by atoms with Gasteiger partial charge in [-0.25, -0.2) is 0 Å². The lowest BCUT2D eigenvalue weighted by Gasteiger charge is -2.57. The van der Waals surface area contributed by atoms with Gasteiger partial charge in [0, 0.05) is 23.7 Å². The second kappa shape index (κ2) is 6.80. The van der Waals surface area contributed by atoms with E-state index < -0.39 is 0 Å². The minimum atomic E-state index is -0.353. The van der Waals surface area contributed by atoms with Gasteiger partial charge in [-0.05, 0) is 93.6 Å². The van der Waals surface area contributed by atoms with Crippen molar-refractivity contribution in [3.05, 3.63) is 34.2 Å². The second-order valence-corrected chi connectivity index (χ2v) is 11.2. The minimum Gasteiger partial charge on any atom is -0.393 e. The van der Waals surface area contributed by atoms with Crippen LogP contribution in [0.5, 0.6) is 0 Å². The SMILES string of the molecule is Cc1nn(C)c(C)c1/C=C1/C[C@@H]2[C@H]3CC=C4C[C@@H](O)CC[C@]4(C)[C@@H]3CC[C@@]2(C)[C@@H]1O. The maximum absolute atomic E-state index is 11.5. The van der Waals surface area contributed by atoms with Gasteiger partial charge in [-0.2, -0.15) is 5.10 Å². The molecule has 30 heavy (non-hydrogen) atoms. The Morgan fingerprint density at radius 2 is 1.87 bits per heavy atom. The molecule has 4 aliphatic carbocycles. The molecule has 3 fully saturated rings. The molecule has 1 heterocycles. The molecule has 5 rings (SSSR count). The summed E-state index contributed by atoms with van der Waals surface area (Å²) in [6, 6.07) is 0. The van der Waals surface area contributed by atoms with Crippen LogP contribution in [0.4, 0.5) is 0 Å². The van der Waals surface area contributed by atoms with E-state index in [1.54, 1.807) is 0 Å². The van der Waals surface area contributed by atoms with Gasteiger partial charge < -0.3 is 10.2 Å². The highest BCUT2D eigenvalue weighted by molar-refractivity contribution is 5.59. The molecule has 4 aliphatic rings. The second-order valence-electron chi connectivity index (χ2n) is 11.2. The Bertz CT molecular complexity index is 928. The molecule has 2 N–H and O–H groups in total. The van der Waals surface area contributed by atoms with E-state index in [0.717, 1.165) is 44.2 Å². The lowest BCUT2D eigenvalue weighted by Crippen LogP contribution is -2.51. The molecular formula is C26H38N2O2. The number of hydrogen-bond acceptors (Lipinski definition) is 3. The summed E-state index contributed by atoms with van der Waals surface area (Å²) in [6.07, 6.45) is 11.6. The third kappa shape index (κ3) is 2.75. The third-order valence-corrected chi connectivity index (χ3v) is 9.84. The molecule has 1 aromatic heterocycles. The number of hydrogen-bond donors (Lipinski definition) is 2. The Morgan fingerprint density at radius 3 is 2.57 bits per heavy atom. The first-order chi connectivity index (χ1) is 14.1. The van der Waals surface area contributed by atoms with Crippen LogP contribution in [-0.4, -0.2) is 32.2 Å². The van der Waals surface area contributed by atoms with Crippen molar-refractivity contribution in [3.8, 4) is 0 Å². The first kappa shape index (κ1) is 20.5. The third-order valence-electron chi connectivity index (χ3n) is 9.84. The predicted octanol–water partition coefficient (Wildman–Crippen LogP) is 4.71. The van der Waals surface area contributed by atoms with E-state index in [0.29, 0.717) is 17.8 Å². The number of fused-ring (bicyclic) bond motifs is 5. The lowest BCUT2D eigenvalue weighted by molar-refractivity contribution is -0.0685. The molecule has 0 amide bonds. The molecule has 0 bridgehead atoms. The number of rotatable bonds is 1. The Labute approximate surface area is 181 Å². The van der Waals surface area contributed by atoms with Gasteiger partial charge in [-0.15, -0.1) is 0 Å². The van der Waals surface area contributed by atoms with E-state index in [2.05, 4.69) is 44.9 Å². The van der Waals surface area contributed by atoms with Crippen molar-refractivity contribution in [2.24, 2.45) is 35.6 Å². The Kier molecular flexibility index (Phi) is 4.65. The molecule has 0 radical (unpaired) electrons. The maximum atomic E-state index is 11.5. The number of aliphatic hydroxyl groups excluding tert-OH is 2. The summed E-state index contributed by atoms with van der Waals surface area (Å²) in [5.74, 6) is 1.87. The van der Waals surface area contributed by atoms with Crippen molar-refractivity contribution in [2.75, 3.05) is 0 Å². The Balaban J connectivity index is 1.49. The number of aliphatic hydroxyl groups is 2. The van der Waals surface area contributed by atoms with Crippen LogP contribution < -0.4 is 0 Å². The summed E-state index contributed by atoms with van der Waals surface area (Å²) in [5.41, 5.74) is 6.35. The molecular weight excluding hydrogens is 372 g/mol. The number of nitrogens with zero attached hydrogens (tertiary/aromatic N) is 2. The number of aryl methyl sites for hydroxylation is 2. The van der Waals surface area contributed by atoms with Gasteiger partial charge in [-0.3, -0.25) is 4.68 Å². The highest BCUT2D eigenvalue weighted by atomic mass is 16.3. The van der Waals surface area contributed by atoms with E-state index in [1.165, 1.54) is 28.8 Å². The summed E-state index contributed by atoms with van der Waals surface area (Å²) >= 11 is 0. The number of allylic oxidation sites excluding steroid dienone is 1. The van der Waals surface area contributed by atoms with Crippen LogP contribution in [0.1, 0.15) is 75.7 Å². The molecule has 0 aliphatic heterocycles. The van der Waals surface area contributed by atoms with Crippen LogP contribution >= 0.6 is 0 Å². The van der Waals surface area contributed by atoms with Crippen molar-refractivity contribution in [1.29, 1.82) is 0 Å². The summed E-state index contributed by atoms with van der Waals surface area (Å²) in [4.78, 5) is 0. The normalized spacial score (nSPS) is 44.4. The quantitative estimate of drug-likeness (QED) is 0.659. The van der Waals surface area contributed by atoms with Crippen molar-refractivity contribution < 1.29 is 10.2 Å². The Morgan fingerprint density at radius 1 is 1.10 bits per heavy atom. The van der Waals surface area contributed by atoms with Gasteiger partial charge in [-0.1, -0.05) is 25.5 Å². The van der Waals surface area contributed by atoms with Crippen LogP contribution in [0.3, 0.4) is 0 Å². The fourth-order valence-electron chi connectivity index (χ4n) is 7.82. The summed E-state index contributed by atoms with van der Waals surface area (Å²) in [6.45, 7) is 8.99. The molecule has 0 unspecified atom stereocenters. The smallest absolute Gasteiger partial charge is 0.0809 e. The molecule has 4 heteroatoms. The predicted molar refractivity (Wildman–Crippen MR) is 120 cm³/mol. The summed E-state index contributed by atoms with van der Waals surface area (Å²) < 4.78 is 1.94. The lowest BCUT2D eigenvalue weighted by atomic mass is 9.48. The minimum absolute atomic E-state index is 0.0209. The van der Waals surface area contributed by atoms with Crippen LogP contribution in [0.15, 0.2) is 17.2 Å². The van der Waals surface area contributed by atoms with Gasteiger partial charge in [0.05, 0.1) is 17.9 Å². The van der Waals surface area contributed by atoms with Crippen LogP contribution in [0.25, 0.3) is 6.08 Å². The number of aromatic nitrogens is 2. The van der Waals surface area contributed by atoms with Crippen LogP contribution in [-0.2, 0) is 7.05 Å². The molecule has 164 valence electrons.